The third-order valence-corrected chi connectivity index (χ3v) is 6.39. The molecule has 2 aliphatic rings. The van der Waals surface area contributed by atoms with Crippen LogP contribution in [0, 0.1) is 16.0 Å². The largest absolute Gasteiger partial charge is 0.497 e. The molecule has 8 heteroatoms. The number of carbonyl (C=O) groups is 2. The highest BCUT2D eigenvalue weighted by molar-refractivity contribution is 6.09. The SMILES string of the molecule is COC(=O)C1C(C)=NC2=C(C(=O)C[C@@H](c3ccc(OC)cc3)C2)[C@H]1c1ccc([N+](=O)[O-])cc1. The first-order chi connectivity index (χ1) is 15.8. The fourth-order valence-electron chi connectivity index (χ4n) is 4.77. The van der Waals surface area contributed by atoms with Gasteiger partial charge >= 0.3 is 5.97 Å². The summed E-state index contributed by atoms with van der Waals surface area (Å²) in [5.41, 5.74) is 3.33. The average molecular weight is 448 g/mol. The number of nitro benzene ring substituents is 1. The van der Waals surface area contributed by atoms with Gasteiger partial charge < -0.3 is 9.47 Å². The number of Topliss-reactive ketones (excluding diaryl/α,β-unsaturated/α-hetero) is 1. The maximum Gasteiger partial charge on any atom is 0.315 e. The first kappa shape index (κ1) is 22.4. The zero-order chi connectivity index (χ0) is 23.7. The number of non-ortho nitro benzene ring substituents is 1. The summed E-state index contributed by atoms with van der Waals surface area (Å²) >= 11 is 0. The van der Waals surface area contributed by atoms with Crippen molar-refractivity contribution in [3.8, 4) is 5.75 Å². The minimum absolute atomic E-state index is 0.0362. The third kappa shape index (κ3) is 4.16. The van der Waals surface area contributed by atoms with Gasteiger partial charge in [-0.15, -0.1) is 0 Å². The first-order valence-electron chi connectivity index (χ1n) is 10.6. The molecule has 0 saturated heterocycles. The molecule has 0 N–H and O–H groups in total. The summed E-state index contributed by atoms with van der Waals surface area (Å²) in [6, 6.07) is 13.6. The number of nitrogens with zero attached hydrogens (tertiary/aromatic N) is 2. The van der Waals surface area contributed by atoms with E-state index in [2.05, 4.69) is 4.99 Å². The van der Waals surface area contributed by atoms with Crippen molar-refractivity contribution in [3.05, 3.63) is 81.0 Å². The number of hydrogen-bond donors (Lipinski definition) is 0. The number of nitro groups is 1. The van der Waals surface area contributed by atoms with E-state index >= 15 is 0 Å². The molecule has 8 nitrogen and oxygen atoms in total. The molecule has 1 unspecified atom stereocenters. The summed E-state index contributed by atoms with van der Waals surface area (Å²) in [4.78, 5) is 41.4. The van der Waals surface area contributed by atoms with E-state index in [1.54, 1.807) is 26.2 Å². The summed E-state index contributed by atoms with van der Waals surface area (Å²) in [6.45, 7) is 1.76. The number of aliphatic imine (C=N–C) groups is 1. The van der Waals surface area contributed by atoms with Crippen LogP contribution in [0.5, 0.6) is 5.75 Å². The van der Waals surface area contributed by atoms with Gasteiger partial charge in [0, 0.05) is 41.5 Å². The fourth-order valence-corrected chi connectivity index (χ4v) is 4.77. The van der Waals surface area contributed by atoms with E-state index in [9.17, 15) is 19.7 Å². The molecule has 1 aliphatic carbocycles. The van der Waals surface area contributed by atoms with E-state index in [4.69, 9.17) is 9.47 Å². The van der Waals surface area contributed by atoms with Crippen molar-refractivity contribution < 1.29 is 24.0 Å². The summed E-state index contributed by atoms with van der Waals surface area (Å²) < 4.78 is 10.3. The molecule has 33 heavy (non-hydrogen) atoms. The predicted octanol–water partition coefficient (Wildman–Crippen LogP) is 4.35. The highest BCUT2D eigenvalue weighted by atomic mass is 16.6. The molecule has 0 radical (unpaired) electrons. The Hall–Kier alpha value is -3.81. The van der Waals surface area contributed by atoms with Crippen molar-refractivity contribution in [1.29, 1.82) is 0 Å². The number of carbonyl (C=O) groups excluding carboxylic acids is 2. The first-order valence-corrected chi connectivity index (χ1v) is 10.6. The van der Waals surface area contributed by atoms with Gasteiger partial charge in [0.15, 0.2) is 5.78 Å². The second-order valence-corrected chi connectivity index (χ2v) is 8.24. The summed E-state index contributed by atoms with van der Waals surface area (Å²) in [7, 11) is 2.90. The van der Waals surface area contributed by atoms with Gasteiger partial charge in [-0.1, -0.05) is 24.3 Å². The van der Waals surface area contributed by atoms with Crippen molar-refractivity contribution >= 4 is 23.2 Å². The average Bonchev–Trinajstić information content (AvgIpc) is 2.82. The minimum atomic E-state index is -0.767. The molecular formula is C25H24N2O6. The Bertz CT molecular complexity index is 1160. The maximum absolute atomic E-state index is 13.4. The van der Waals surface area contributed by atoms with Gasteiger partial charge in [-0.2, -0.15) is 0 Å². The van der Waals surface area contributed by atoms with Crippen LogP contribution < -0.4 is 4.74 Å². The molecule has 0 amide bonds. The molecule has 3 atom stereocenters. The monoisotopic (exact) mass is 448 g/mol. The summed E-state index contributed by atoms with van der Waals surface area (Å²) in [6.07, 6.45) is 0.846. The molecule has 0 aromatic heterocycles. The zero-order valence-electron chi connectivity index (χ0n) is 18.6. The van der Waals surface area contributed by atoms with Crippen LogP contribution >= 0.6 is 0 Å². The fraction of sp³-hybridized carbons (Fsp3) is 0.320. The molecule has 0 saturated carbocycles. The van der Waals surface area contributed by atoms with Crippen molar-refractivity contribution in [2.24, 2.45) is 10.9 Å². The Morgan fingerprint density at radius 3 is 2.24 bits per heavy atom. The summed E-state index contributed by atoms with van der Waals surface area (Å²) in [5, 5.41) is 11.1. The molecule has 1 heterocycles. The number of benzene rings is 2. The Morgan fingerprint density at radius 1 is 1.03 bits per heavy atom. The third-order valence-electron chi connectivity index (χ3n) is 6.39. The van der Waals surface area contributed by atoms with Crippen molar-refractivity contribution in [2.45, 2.75) is 31.6 Å². The molecule has 4 rings (SSSR count). The smallest absolute Gasteiger partial charge is 0.315 e. The number of ketones is 1. The van der Waals surface area contributed by atoms with E-state index in [0.29, 0.717) is 29.0 Å². The molecule has 0 fully saturated rings. The highest BCUT2D eigenvalue weighted by Crippen LogP contribution is 2.47. The molecule has 2 aromatic rings. The zero-order valence-corrected chi connectivity index (χ0v) is 18.6. The minimum Gasteiger partial charge on any atom is -0.497 e. The highest BCUT2D eigenvalue weighted by Gasteiger charge is 2.44. The summed E-state index contributed by atoms with van der Waals surface area (Å²) in [5.74, 6) is -1.23. The number of hydrogen-bond acceptors (Lipinski definition) is 7. The Balaban J connectivity index is 1.77. The maximum atomic E-state index is 13.4. The topological polar surface area (TPSA) is 108 Å². The molecule has 0 spiro atoms. The van der Waals surface area contributed by atoms with Crippen LogP contribution in [0.15, 0.2) is 64.8 Å². The number of allylic oxidation sites excluding steroid dienone is 2. The van der Waals surface area contributed by atoms with Crippen molar-refractivity contribution in [3.63, 3.8) is 0 Å². The normalized spacial score (nSPS) is 22.3. The van der Waals surface area contributed by atoms with E-state index in [0.717, 1.165) is 11.3 Å². The Kier molecular flexibility index (Phi) is 6.09. The lowest BCUT2D eigenvalue weighted by atomic mass is 9.69. The number of rotatable bonds is 5. The quantitative estimate of drug-likeness (QED) is 0.382. The molecule has 170 valence electrons. The van der Waals surface area contributed by atoms with Crippen LogP contribution in [-0.2, 0) is 14.3 Å². The molecule has 1 aliphatic heterocycles. The standard InChI is InChI=1S/C25H24N2O6/c1-14-22(25(29)33-3)23(16-4-8-18(9-5-16)27(30)31)24-20(26-14)12-17(13-21(24)28)15-6-10-19(32-2)11-7-15/h4-11,17,22-23H,12-13H2,1-3H3/t17-,22?,23-/m0/s1. The van der Waals surface area contributed by atoms with E-state index in [-0.39, 0.29) is 23.8 Å². The Labute approximate surface area is 191 Å². The molecular weight excluding hydrogens is 424 g/mol. The van der Waals surface area contributed by atoms with Gasteiger partial charge in [0.2, 0.25) is 0 Å². The van der Waals surface area contributed by atoms with Gasteiger partial charge in [0.25, 0.3) is 5.69 Å². The van der Waals surface area contributed by atoms with Gasteiger partial charge in [-0.25, -0.2) is 0 Å². The second kappa shape index (κ2) is 8.97. The molecule has 2 aromatic carbocycles. The second-order valence-electron chi connectivity index (χ2n) is 8.24. The van der Waals surface area contributed by atoms with Crippen LogP contribution in [0.25, 0.3) is 0 Å². The van der Waals surface area contributed by atoms with Crippen molar-refractivity contribution in [1.82, 2.24) is 0 Å². The lowest BCUT2D eigenvalue weighted by molar-refractivity contribution is -0.384. The van der Waals surface area contributed by atoms with Crippen LogP contribution in [0.1, 0.15) is 42.7 Å². The van der Waals surface area contributed by atoms with Gasteiger partial charge in [0.05, 0.1) is 19.1 Å². The van der Waals surface area contributed by atoms with Gasteiger partial charge in [-0.05, 0) is 42.5 Å². The number of esters is 1. The van der Waals surface area contributed by atoms with Crippen LogP contribution in [0.2, 0.25) is 0 Å². The predicted molar refractivity (Wildman–Crippen MR) is 121 cm³/mol. The number of ether oxygens (including phenoxy) is 2. The Morgan fingerprint density at radius 2 is 1.67 bits per heavy atom. The van der Waals surface area contributed by atoms with Gasteiger partial charge in [-0.3, -0.25) is 24.7 Å². The van der Waals surface area contributed by atoms with Crippen molar-refractivity contribution in [2.75, 3.05) is 14.2 Å². The van der Waals surface area contributed by atoms with Crippen LogP contribution in [-0.4, -0.2) is 36.6 Å². The van der Waals surface area contributed by atoms with Crippen LogP contribution in [0.4, 0.5) is 5.69 Å². The van der Waals surface area contributed by atoms with E-state index in [1.807, 2.05) is 24.3 Å². The molecule has 0 bridgehead atoms. The number of methoxy groups -OCH3 is 2. The lowest BCUT2D eigenvalue weighted by Crippen LogP contribution is -2.37. The van der Waals surface area contributed by atoms with Gasteiger partial charge in [0.1, 0.15) is 11.7 Å². The lowest BCUT2D eigenvalue weighted by Gasteiger charge is -2.36. The van der Waals surface area contributed by atoms with Crippen LogP contribution in [0.3, 0.4) is 0 Å². The van der Waals surface area contributed by atoms with E-state index < -0.39 is 22.7 Å². The van der Waals surface area contributed by atoms with E-state index in [1.165, 1.54) is 19.2 Å².